The Morgan fingerprint density at radius 2 is 2.10 bits per heavy atom. The largest absolute Gasteiger partial charge is 0.497 e. The first kappa shape index (κ1) is 15.3. The molecule has 6 nitrogen and oxygen atoms in total. The number of oxime groups is 1. The number of methoxy groups -OCH3 is 2. The molecule has 0 aromatic heterocycles. The number of rotatable bonds is 5. The zero-order valence-electron chi connectivity index (χ0n) is 12.3. The SMILES string of the molecule is CCC(O)C1(C(=O)OC)CC(c2ccc(OC)cc2)=NO1. The molecule has 0 saturated carbocycles. The lowest BCUT2D eigenvalue weighted by atomic mass is 9.87. The first-order valence-corrected chi connectivity index (χ1v) is 6.73. The number of aliphatic hydroxyl groups excluding tert-OH is 1. The van der Waals surface area contributed by atoms with Crippen LogP contribution in [0.4, 0.5) is 0 Å². The van der Waals surface area contributed by atoms with E-state index in [0.717, 1.165) is 11.3 Å². The lowest BCUT2D eigenvalue weighted by molar-refractivity contribution is -0.181. The minimum absolute atomic E-state index is 0.168. The lowest BCUT2D eigenvalue weighted by Gasteiger charge is -2.27. The molecular weight excluding hydrogens is 274 g/mol. The molecule has 6 heteroatoms. The number of aliphatic hydroxyl groups is 1. The van der Waals surface area contributed by atoms with Crippen LogP contribution in [-0.4, -0.2) is 42.7 Å². The van der Waals surface area contributed by atoms with Gasteiger partial charge in [-0.3, -0.25) is 0 Å². The number of ether oxygens (including phenoxy) is 2. The highest BCUT2D eigenvalue weighted by Gasteiger charge is 2.53. The summed E-state index contributed by atoms with van der Waals surface area (Å²) in [5, 5.41) is 14.1. The van der Waals surface area contributed by atoms with Crippen molar-refractivity contribution in [1.29, 1.82) is 0 Å². The minimum atomic E-state index is -1.46. The van der Waals surface area contributed by atoms with E-state index in [2.05, 4.69) is 5.16 Å². The average molecular weight is 293 g/mol. The number of carbonyl (C=O) groups excluding carboxylic acids is 1. The van der Waals surface area contributed by atoms with Gasteiger partial charge in [0.1, 0.15) is 11.9 Å². The molecule has 1 aromatic rings. The summed E-state index contributed by atoms with van der Waals surface area (Å²) in [7, 11) is 2.85. The van der Waals surface area contributed by atoms with E-state index in [0.29, 0.717) is 12.1 Å². The average Bonchev–Trinajstić information content (AvgIpc) is 3.00. The molecule has 21 heavy (non-hydrogen) atoms. The summed E-state index contributed by atoms with van der Waals surface area (Å²) >= 11 is 0. The summed E-state index contributed by atoms with van der Waals surface area (Å²) in [6.45, 7) is 1.77. The van der Waals surface area contributed by atoms with E-state index < -0.39 is 17.7 Å². The summed E-state index contributed by atoms with van der Waals surface area (Å²) in [5.74, 6) is 0.107. The number of carbonyl (C=O) groups is 1. The van der Waals surface area contributed by atoms with Crippen LogP contribution in [0.25, 0.3) is 0 Å². The number of hydrogen-bond acceptors (Lipinski definition) is 6. The van der Waals surface area contributed by atoms with Crippen molar-refractivity contribution in [3.05, 3.63) is 29.8 Å². The predicted molar refractivity (Wildman–Crippen MR) is 76.3 cm³/mol. The molecule has 1 aliphatic rings. The zero-order chi connectivity index (χ0) is 15.5. The van der Waals surface area contributed by atoms with Gasteiger partial charge in [0.15, 0.2) is 0 Å². The van der Waals surface area contributed by atoms with Gasteiger partial charge in [-0.1, -0.05) is 12.1 Å². The standard InChI is InChI=1S/C15H19NO5/c1-4-13(17)15(14(18)20-3)9-12(16-21-15)10-5-7-11(19-2)8-6-10/h5-8,13,17H,4,9H2,1-3H3. The molecule has 2 atom stereocenters. The van der Waals surface area contributed by atoms with E-state index in [4.69, 9.17) is 14.3 Å². The quantitative estimate of drug-likeness (QED) is 0.832. The van der Waals surface area contributed by atoms with E-state index in [9.17, 15) is 9.90 Å². The van der Waals surface area contributed by atoms with E-state index in [1.165, 1.54) is 7.11 Å². The highest BCUT2D eigenvalue weighted by molar-refractivity contribution is 6.05. The van der Waals surface area contributed by atoms with Crippen LogP contribution in [0.15, 0.2) is 29.4 Å². The Morgan fingerprint density at radius 1 is 1.43 bits per heavy atom. The van der Waals surface area contributed by atoms with E-state index >= 15 is 0 Å². The van der Waals surface area contributed by atoms with Crippen molar-refractivity contribution in [2.24, 2.45) is 5.16 Å². The second-order valence-electron chi connectivity index (χ2n) is 4.84. The maximum atomic E-state index is 12.0. The molecule has 114 valence electrons. The summed E-state index contributed by atoms with van der Waals surface area (Å²) in [4.78, 5) is 17.3. The Hall–Kier alpha value is -2.08. The van der Waals surface area contributed by atoms with Gasteiger partial charge in [0, 0.05) is 0 Å². The van der Waals surface area contributed by atoms with Crippen LogP contribution in [0.1, 0.15) is 25.3 Å². The summed E-state index contributed by atoms with van der Waals surface area (Å²) in [5.41, 5.74) is -0.0564. The highest BCUT2D eigenvalue weighted by Crippen LogP contribution is 2.33. The van der Waals surface area contributed by atoms with Gasteiger partial charge in [0.05, 0.1) is 26.4 Å². The van der Waals surface area contributed by atoms with E-state index in [-0.39, 0.29) is 6.42 Å². The molecule has 1 N–H and O–H groups in total. The molecule has 0 fully saturated rings. The Balaban J connectivity index is 2.24. The Kier molecular flexibility index (Phi) is 4.47. The molecule has 0 amide bonds. The summed E-state index contributed by atoms with van der Waals surface area (Å²) in [6, 6.07) is 7.25. The van der Waals surface area contributed by atoms with Crippen molar-refractivity contribution < 1.29 is 24.2 Å². The number of nitrogens with zero attached hydrogens (tertiary/aromatic N) is 1. The summed E-state index contributed by atoms with van der Waals surface area (Å²) in [6.07, 6.45) is -0.453. The van der Waals surface area contributed by atoms with Crippen LogP contribution >= 0.6 is 0 Å². The van der Waals surface area contributed by atoms with Crippen LogP contribution < -0.4 is 4.74 Å². The lowest BCUT2D eigenvalue weighted by Crippen LogP contribution is -2.50. The van der Waals surface area contributed by atoms with Crippen molar-refractivity contribution in [2.75, 3.05) is 14.2 Å². The molecule has 2 rings (SSSR count). The van der Waals surface area contributed by atoms with Gasteiger partial charge in [-0.15, -0.1) is 0 Å². The normalized spacial score (nSPS) is 22.2. The number of hydrogen-bond donors (Lipinski definition) is 1. The molecule has 1 aliphatic heterocycles. The Labute approximate surface area is 123 Å². The highest BCUT2D eigenvalue weighted by atomic mass is 16.7. The fourth-order valence-electron chi connectivity index (χ4n) is 2.31. The zero-order valence-corrected chi connectivity index (χ0v) is 12.3. The summed E-state index contributed by atoms with van der Waals surface area (Å²) < 4.78 is 9.86. The third-order valence-electron chi connectivity index (χ3n) is 3.63. The Morgan fingerprint density at radius 3 is 2.62 bits per heavy atom. The fourth-order valence-corrected chi connectivity index (χ4v) is 2.31. The maximum absolute atomic E-state index is 12.0. The third kappa shape index (κ3) is 2.71. The van der Waals surface area contributed by atoms with Gasteiger partial charge in [-0.05, 0) is 36.2 Å². The topological polar surface area (TPSA) is 77.4 Å². The van der Waals surface area contributed by atoms with Gasteiger partial charge in [0.2, 0.25) is 0 Å². The van der Waals surface area contributed by atoms with Crippen molar-refractivity contribution in [3.63, 3.8) is 0 Å². The van der Waals surface area contributed by atoms with Crippen LogP contribution in [0.3, 0.4) is 0 Å². The molecular formula is C15H19NO5. The molecule has 1 aromatic carbocycles. The van der Waals surface area contributed by atoms with Crippen LogP contribution in [-0.2, 0) is 14.4 Å². The molecule has 0 bridgehead atoms. The number of esters is 1. The van der Waals surface area contributed by atoms with Crippen LogP contribution in [0, 0.1) is 0 Å². The monoisotopic (exact) mass is 293 g/mol. The third-order valence-corrected chi connectivity index (χ3v) is 3.63. The van der Waals surface area contributed by atoms with Gasteiger partial charge in [-0.2, -0.15) is 0 Å². The van der Waals surface area contributed by atoms with Crippen molar-refractivity contribution in [2.45, 2.75) is 31.5 Å². The van der Waals surface area contributed by atoms with Crippen LogP contribution in [0.2, 0.25) is 0 Å². The van der Waals surface area contributed by atoms with E-state index in [1.54, 1.807) is 26.2 Å². The van der Waals surface area contributed by atoms with E-state index in [1.807, 2.05) is 12.1 Å². The fraction of sp³-hybridized carbons (Fsp3) is 0.467. The van der Waals surface area contributed by atoms with Gasteiger partial charge >= 0.3 is 5.97 Å². The molecule has 2 unspecified atom stereocenters. The van der Waals surface area contributed by atoms with Crippen LogP contribution in [0.5, 0.6) is 5.75 Å². The molecule has 0 radical (unpaired) electrons. The van der Waals surface area contributed by atoms with Gasteiger partial charge in [-0.25, -0.2) is 4.79 Å². The van der Waals surface area contributed by atoms with Gasteiger partial charge in [0.25, 0.3) is 5.60 Å². The first-order chi connectivity index (χ1) is 10.1. The smallest absolute Gasteiger partial charge is 0.356 e. The second kappa shape index (κ2) is 6.13. The molecule has 0 aliphatic carbocycles. The molecule has 1 heterocycles. The Bertz CT molecular complexity index is 539. The second-order valence-corrected chi connectivity index (χ2v) is 4.84. The maximum Gasteiger partial charge on any atom is 0.356 e. The van der Waals surface area contributed by atoms with Crippen molar-refractivity contribution in [1.82, 2.24) is 0 Å². The number of benzene rings is 1. The molecule has 0 saturated heterocycles. The van der Waals surface area contributed by atoms with Crippen molar-refractivity contribution in [3.8, 4) is 5.75 Å². The predicted octanol–water partition coefficient (Wildman–Crippen LogP) is 1.50. The molecule has 0 spiro atoms. The first-order valence-electron chi connectivity index (χ1n) is 6.73. The van der Waals surface area contributed by atoms with Crippen molar-refractivity contribution >= 4 is 11.7 Å². The minimum Gasteiger partial charge on any atom is -0.497 e. The van der Waals surface area contributed by atoms with Gasteiger partial charge < -0.3 is 19.4 Å².